The number of rotatable bonds is 7. The molecule has 1 aromatic heterocycles. The minimum atomic E-state index is -0.480. The summed E-state index contributed by atoms with van der Waals surface area (Å²) in [6.07, 6.45) is 0.800. The van der Waals surface area contributed by atoms with E-state index in [1.54, 1.807) is 0 Å². The lowest BCUT2D eigenvalue weighted by Gasteiger charge is -2.24. The zero-order chi connectivity index (χ0) is 13.8. The lowest BCUT2D eigenvalue weighted by atomic mass is 9.96. The Morgan fingerprint density at radius 2 is 2.06 bits per heavy atom. The summed E-state index contributed by atoms with van der Waals surface area (Å²) in [4.78, 5) is 4.48. The quantitative estimate of drug-likeness (QED) is 0.810. The van der Waals surface area contributed by atoms with Crippen molar-refractivity contribution in [3.8, 4) is 0 Å². The van der Waals surface area contributed by atoms with Crippen LogP contribution in [-0.4, -0.2) is 23.3 Å². The summed E-state index contributed by atoms with van der Waals surface area (Å²) in [6, 6.07) is 0. The second-order valence-electron chi connectivity index (χ2n) is 5.06. The van der Waals surface area contributed by atoms with E-state index in [-0.39, 0.29) is 5.92 Å². The number of aromatic nitrogens is 2. The van der Waals surface area contributed by atoms with Crippen LogP contribution in [0.4, 0.5) is 0 Å². The third kappa shape index (κ3) is 3.09. The Hall–Kier alpha value is -0.940. The summed E-state index contributed by atoms with van der Waals surface area (Å²) in [5.41, 5.74) is 5.28. The highest BCUT2D eigenvalue weighted by atomic mass is 16.5. The van der Waals surface area contributed by atoms with Gasteiger partial charge in [-0.1, -0.05) is 25.9 Å². The number of nitrogens with zero attached hydrogens (tertiary/aromatic N) is 2. The first-order valence-electron chi connectivity index (χ1n) is 6.66. The lowest BCUT2D eigenvalue weighted by Crippen LogP contribution is -2.27. The molecule has 5 nitrogen and oxygen atoms in total. The molecular formula is C13H25N3O2. The summed E-state index contributed by atoms with van der Waals surface area (Å²) >= 11 is 0. The SMILES string of the molecule is CCOC(C)(CC)c1noc(C(CN)C(C)C)n1. The molecule has 1 aromatic rings. The van der Waals surface area contributed by atoms with E-state index in [0.29, 0.717) is 30.8 Å². The van der Waals surface area contributed by atoms with Gasteiger partial charge in [0, 0.05) is 13.2 Å². The van der Waals surface area contributed by atoms with Gasteiger partial charge < -0.3 is 15.0 Å². The van der Waals surface area contributed by atoms with Gasteiger partial charge in [0.25, 0.3) is 0 Å². The number of nitrogens with two attached hydrogens (primary N) is 1. The van der Waals surface area contributed by atoms with Crippen molar-refractivity contribution in [1.29, 1.82) is 0 Å². The van der Waals surface area contributed by atoms with Gasteiger partial charge in [-0.05, 0) is 26.2 Å². The molecule has 0 saturated heterocycles. The van der Waals surface area contributed by atoms with Crippen molar-refractivity contribution in [1.82, 2.24) is 10.1 Å². The maximum absolute atomic E-state index is 5.76. The highest BCUT2D eigenvalue weighted by molar-refractivity contribution is 5.03. The molecule has 104 valence electrons. The Morgan fingerprint density at radius 3 is 2.50 bits per heavy atom. The maximum atomic E-state index is 5.76. The van der Waals surface area contributed by atoms with Crippen LogP contribution in [0.2, 0.25) is 0 Å². The molecule has 0 amide bonds. The van der Waals surface area contributed by atoms with Crippen LogP contribution in [0.1, 0.15) is 58.7 Å². The predicted molar refractivity (Wildman–Crippen MR) is 70.2 cm³/mol. The molecule has 0 bridgehead atoms. The fourth-order valence-electron chi connectivity index (χ4n) is 1.90. The average Bonchev–Trinajstić information content (AvgIpc) is 2.79. The number of hydrogen-bond donors (Lipinski definition) is 1. The first-order chi connectivity index (χ1) is 8.48. The van der Waals surface area contributed by atoms with Gasteiger partial charge in [0.15, 0.2) is 0 Å². The molecule has 1 rings (SSSR count). The van der Waals surface area contributed by atoms with E-state index in [4.69, 9.17) is 15.0 Å². The standard InChI is InChI=1S/C13H25N3O2/c1-6-13(5,17-7-2)12-15-11(18-16-12)10(8-14)9(3)4/h9-10H,6-8,14H2,1-5H3. The largest absolute Gasteiger partial charge is 0.367 e. The third-order valence-electron chi connectivity index (χ3n) is 3.43. The van der Waals surface area contributed by atoms with E-state index >= 15 is 0 Å². The van der Waals surface area contributed by atoms with Crippen molar-refractivity contribution in [2.45, 2.75) is 52.6 Å². The Labute approximate surface area is 109 Å². The Balaban J connectivity index is 2.97. The van der Waals surface area contributed by atoms with Crippen molar-refractivity contribution in [2.24, 2.45) is 11.7 Å². The second-order valence-corrected chi connectivity index (χ2v) is 5.06. The molecule has 1 heterocycles. The molecule has 0 aromatic carbocycles. The minimum absolute atomic E-state index is 0.106. The smallest absolute Gasteiger partial charge is 0.231 e. The Morgan fingerprint density at radius 1 is 1.39 bits per heavy atom. The van der Waals surface area contributed by atoms with Crippen molar-refractivity contribution in [2.75, 3.05) is 13.2 Å². The highest BCUT2D eigenvalue weighted by Crippen LogP contribution is 2.29. The normalized spacial score (nSPS) is 16.8. The van der Waals surface area contributed by atoms with Crippen LogP contribution in [0.25, 0.3) is 0 Å². The molecule has 5 heteroatoms. The zero-order valence-corrected chi connectivity index (χ0v) is 12.1. The average molecular weight is 255 g/mol. The Bertz CT molecular complexity index is 365. The van der Waals surface area contributed by atoms with E-state index in [1.807, 2.05) is 13.8 Å². The van der Waals surface area contributed by atoms with Gasteiger partial charge in [-0.25, -0.2) is 0 Å². The fourth-order valence-corrected chi connectivity index (χ4v) is 1.90. The molecule has 0 aliphatic rings. The van der Waals surface area contributed by atoms with Gasteiger partial charge in [-0.2, -0.15) is 4.98 Å². The molecule has 18 heavy (non-hydrogen) atoms. The van der Waals surface area contributed by atoms with Gasteiger partial charge in [0.1, 0.15) is 5.60 Å². The van der Waals surface area contributed by atoms with Crippen molar-refractivity contribution in [3.05, 3.63) is 11.7 Å². The summed E-state index contributed by atoms with van der Waals surface area (Å²) in [5, 5.41) is 4.06. The molecular weight excluding hydrogens is 230 g/mol. The van der Waals surface area contributed by atoms with Crippen LogP contribution in [0.15, 0.2) is 4.52 Å². The van der Waals surface area contributed by atoms with Crippen molar-refractivity contribution >= 4 is 0 Å². The summed E-state index contributed by atoms with van der Waals surface area (Å²) < 4.78 is 11.1. The van der Waals surface area contributed by atoms with Crippen LogP contribution >= 0.6 is 0 Å². The monoisotopic (exact) mass is 255 g/mol. The van der Waals surface area contributed by atoms with E-state index in [9.17, 15) is 0 Å². The van der Waals surface area contributed by atoms with Gasteiger partial charge in [-0.3, -0.25) is 0 Å². The van der Waals surface area contributed by atoms with Crippen LogP contribution in [0.3, 0.4) is 0 Å². The van der Waals surface area contributed by atoms with Crippen LogP contribution in [0, 0.1) is 5.92 Å². The molecule has 0 aliphatic carbocycles. The minimum Gasteiger partial charge on any atom is -0.367 e. The topological polar surface area (TPSA) is 74.2 Å². The van der Waals surface area contributed by atoms with Gasteiger partial charge in [-0.15, -0.1) is 0 Å². The summed E-state index contributed by atoms with van der Waals surface area (Å²) in [5.74, 6) is 1.71. The predicted octanol–water partition coefficient (Wildman–Crippen LogP) is 2.43. The first-order valence-corrected chi connectivity index (χ1v) is 6.66. The molecule has 2 N–H and O–H groups in total. The second kappa shape index (κ2) is 6.29. The van der Waals surface area contributed by atoms with E-state index in [2.05, 4.69) is 30.9 Å². The highest BCUT2D eigenvalue weighted by Gasteiger charge is 2.32. The van der Waals surface area contributed by atoms with E-state index < -0.39 is 5.60 Å². The van der Waals surface area contributed by atoms with E-state index in [1.165, 1.54) is 0 Å². The Kier molecular flexibility index (Phi) is 5.28. The summed E-state index contributed by atoms with van der Waals surface area (Å²) in [6.45, 7) is 11.3. The fraction of sp³-hybridized carbons (Fsp3) is 0.846. The van der Waals surface area contributed by atoms with Gasteiger partial charge in [0.2, 0.25) is 11.7 Å². The molecule has 0 radical (unpaired) electrons. The molecule has 0 spiro atoms. The third-order valence-corrected chi connectivity index (χ3v) is 3.43. The molecule has 0 aliphatic heterocycles. The van der Waals surface area contributed by atoms with Gasteiger partial charge in [0.05, 0.1) is 5.92 Å². The maximum Gasteiger partial charge on any atom is 0.231 e. The van der Waals surface area contributed by atoms with Crippen LogP contribution in [-0.2, 0) is 10.3 Å². The zero-order valence-electron chi connectivity index (χ0n) is 12.1. The number of hydrogen-bond acceptors (Lipinski definition) is 5. The summed E-state index contributed by atoms with van der Waals surface area (Å²) in [7, 11) is 0. The molecule has 0 saturated carbocycles. The van der Waals surface area contributed by atoms with Gasteiger partial charge >= 0.3 is 0 Å². The van der Waals surface area contributed by atoms with Crippen molar-refractivity contribution < 1.29 is 9.26 Å². The first kappa shape index (κ1) is 15.1. The van der Waals surface area contributed by atoms with Crippen LogP contribution in [0.5, 0.6) is 0 Å². The lowest BCUT2D eigenvalue weighted by molar-refractivity contribution is -0.0403. The van der Waals surface area contributed by atoms with Crippen LogP contribution < -0.4 is 5.73 Å². The number of ether oxygens (including phenoxy) is 1. The van der Waals surface area contributed by atoms with E-state index in [0.717, 1.165) is 6.42 Å². The molecule has 2 unspecified atom stereocenters. The molecule has 0 fully saturated rings. The molecule has 2 atom stereocenters. The van der Waals surface area contributed by atoms with Crippen molar-refractivity contribution in [3.63, 3.8) is 0 Å².